The van der Waals surface area contributed by atoms with Crippen LogP contribution in [0.4, 0.5) is 0 Å². The molecule has 0 bridgehead atoms. The Hall–Kier alpha value is 0.350. The molecule has 1 aliphatic carbocycles. The third-order valence-corrected chi connectivity index (χ3v) is 5.49. The second kappa shape index (κ2) is 6.50. The summed E-state index contributed by atoms with van der Waals surface area (Å²) in [5.41, 5.74) is 0. The van der Waals surface area contributed by atoms with Gasteiger partial charge in [-0.1, -0.05) is 15.9 Å². The first-order chi connectivity index (χ1) is 7.81. The van der Waals surface area contributed by atoms with Crippen molar-refractivity contribution in [2.45, 2.75) is 37.6 Å². The van der Waals surface area contributed by atoms with Crippen molar-refractivity contribution in [1.82, 2.24) is 4.31 Å². The molecule has 0 spiro atoms. The lowest BCUT2D eigenvalue weighted by molar-refractivity contribution is 0.0906. The Morgan fingerprint density at radius 1 is 1.41 bits per heavy atom. The molecule has 1 aliphatic rings. The lowest BCUT2D eigenvalue weighted by Gasteiger charge is -2.34. The van der Waals surface area contributed by atoms with Crippen LogP contribution in [0.3, 0.4) is 0 Å². The molecular formula is C11H22BrNO3S. The maximum absolute atomic E-state index is 11.9. The standard InChI is InChI=1S/C11H22BrNO3S/c1-9(2)16-4-5-17(14,15)13(3)8-10-6-11(12)7-10/h9-11H,4-8H2,1-3H3. The highest BCUT2D eigenvalue weighted by molar-refractivity contribution is 9.09. The van der Waals surface area contributed by atoms with Crippen LogP contribution in [0.1, 0.15) is 26.7 Å². The van der Waals surface area contributed by atoms with Crippen LogP contribution in [0.5, 0.6) is 0 Å². The molecule has 0 amide bonds. The van der Waals surface area contributed by atoms with E-state index in [-0.39, 0.29) is 18.5 Å². The molecule has 1 rings (SSSR count). The zero-order valence-electron chi connectivity index (χ0n) is 10.7. The molecule has 0 radical (unpaired) electrons. The lowest BCUT2D eigenvalue weighted by atomic mass is 9.85. The van der Waals surface area contributed by atoms with E-state index in [4.69, 9.17) is 4.74 Å². The van der Waals surface area contributed by atoms with Gasteiger partial charge in [0, 0.05) is 18.4 Å². The summed E-state index contributed by atoms with van der Waals surface area (Å²) in [6.07, 6.45) is 2.22. The Labute approximate surface area is 113 Å². The molecule has 0 unspecified atom stereocenters. The minimum Gasteiger partial charge on any atom is -0.378 e. The smallest absolute Gasteiger partial charge is 0.216 e. The predicted octanol–water partition coefficient (Wildman–Crippen LogP) is 1.85. The molecule has 0 aromatic carbocycles. The number of rotatable bonds is 7. The molecule has 6 heteroatoms. The van der Waals surface area contributed by atoms with Gasteiger partial charge in [0.1, 0.15) is 0 Å². The third-order valence-electron chi connectivity index (χ3n) is 2.96. The van der Waals surface area contributed by atoms with E-state index in [1.165, 1.54) is 4.31 Å². The van der Waals surface area contributed by atoms with Gasteiger partial charge in [-0.05, 0) is 32.6 Å². The van der Waals surface area contributed by atoms with Crippen LogP contribution in [0, 0.1) is 5.92 Å². The summed E-state index contributed by atoms with van der Waals surface area (Å²) in [6.45, 7) is 4.71. The van der Waals surface area contributed by atoms with Gasteiger partial charge in [-0.25, -0.2) is 12.7 Å². The lowest BCUT2D eigenvalue weighted by Crippen LogP contribution is -2.39. The van der Waals surface area contributed by atoms with Gasteiger partial charge in [-0.2, -0.15) is 0 Å². The predicted molar refractivity (Wildman–Crippen MR) is 72.9 cm³/mol. The van der Waals surface area contributed by atoms with Gasteiger partial charge in [-0.15, -0.1) is 0 Å². The van der Waals surface area contributed by atoms with Crippen molar-refractivity contribution in [2.24, 2.45) is 5.92 Å². The van der Waals surface area contributed by atoms with Gasteiger partial charge in [-0.3, -0.25) is 0 Å². The van der Waals surface area contributed by atoms with Crippen LogP contribution in [0.25, 0.3) is 0 Å². The van der Waals surface area contributed by atoms with Crippen LogP contribution in [-0.4, -0.2) is 49.6 Å². The second-order valence-corrected chi connectivity index (χ2v) is 8.44. The molecule has 0 atom stereocenters. The number of nitrogens with zero attached hydrogens (tertiary/aromatic N) is 1. The molecule has 1 saturated carbocycles. The first-order valence-corrected chi connectivity index (χ1v) is 8.53. The Morgan fingerprint density at radius 2 is 2.00 bits per heavy atom. The van der Waals surface area contributed by atoms with E-state index in [9.17, 15) is 8.42 Å². The number of sulfonamides is 1. The Kier molecular flexibility index (Phi) is 5.89. The van der Waals surface area contributed by atoms with Crippen LogP contribution in [0.15, 0.2) is 0 Å². The number of alkyl halides is 1. The first-order valence-electron chi connectivity index (χ1n) is 6.01. The highest BCUT2D eigenvalue weighted by Crippen LogP contribution is 2.33. The van der Waals surface area contributed by atoms with Crippen LogP contribution < -0.4 is 0 Å². The van der Waals surface area contributed by atoms with Crippen molar-refractivity contribution in [3.05, 3.63) is 0 Å². The summed E-state index contributed by atoms with van der Waals surface area (Å²) in [5.74, 6) is 0.580. The van der Waals surface area contributed by atoms with E-state index in [1.807, 2.05) is 13.8 Å². The fourth-order valence-corrected chi connectivity index (χ4v) is 3.94. The van der Waals surface area contributed by atoms with Gasteiger partial charge in [0.05, 0.1) is 18.5 Å². The van der Waals surface area contributed by atoms with E-state index in [0.29, 0.717) is 17.3 Å². The number of ether oxygens (including phenoxy) is 1. The fourth-order valence-electron chi connectivity index (χ4n) is 1.83. The summed E-state index contributed by atoms with van der Waals surface area (Å²) >= 11 is 3.51. The van der Waals surface area contributed by atoms with E-state index in [0.717, 1.165) is 12.8 Å². The summed E-state index contributed by atoms with van der Waals surface area (Å²) in [5, 5.41) is 0. The average molecular weight is 328 g/mol. The summed E-state index contributed by atoms with van der Waals surface area (Å²) in [6, 6.07) is 0. The molecule has 0 N–H and O–H groups in total. The van der Waals surface area contributed by atoms with E-state index >= 15 is 0 Å². The van der Waals surface area contributed by atoms with Crippen LogP contribution in [0.2, 0.25) is 0 Å². The number of halogens is 1. The van der Waals surface area contributed by atoms with Gasteiger partial charge >= 0.3 is 0 Å². The molecule has 0 heterocycles. The molecule has 0 aliphatic heterocycles. The number of hydrogen-bond acceptors (Lipinski definition) is 3. The minimum absolute atomic E-state index is 0.0755. The van der Waals surface area contributed by atoms with Gasteiger partial charge in [0.25, 0.3) is 0 Å². The second-order valence-electron chi connectivity index (χ2n) is 4.95. The van der Waals surface area contributed by atoms with E-state index in [2.05, 4.69) is 15.9 Å². The summed E-state index contributed by atoms with van der Waals surface area (Å²) in [7, 11) is -1.49. The SMILES string of the molecule is CC(C)OCCS(=O)(=O)N(C)CC1CC(Br)C1. The topological polar surface area (TPSA) is 46.6 Å². The molecule has 0 aromatic rings. The van der Waals surface area contributed by atoms with Gasteiger partial charge in [0.15, 0.2) is 0 Å². The van der Waals surface area contributed by atoms with Crippen molar-refractivity contribution >= 4 is 26.0 Å². The Morgan fingerprint density at radius 3 is 2.47 bits per heavy atom. The maximum atomic E-state index is 11.9. The monoisotopic (exact) mass is 327 g/mol. The molecule has 4 nitrogen and oxygen atoms in total. The summed E-state index contributed by atoms with van der Waals surface area (Å²) < 4.78 is 30.6. The number of hydrogen-bond donors (Lipinski definition) is 0. The largest absolute Gasteiger partial charge is 0.378 e. The normalized spacial score (nSPS) is 25.3. The highest BCUT2D eigenvalue weighted by atomic mass is 79.9. The zero-order valence-corrected chi connectivity index (χ0v) is 13.1. The van der Waals surface area contributed by atoms with Crippen molar-refractivity contribution < 1.29 is 13.2 Å². The molecular weight excluding hydrogens is 306 g/mol. The average Bonchev–Trinajstić information content (AvgIpc) is 2.14. The Balaban J connectivity index is 2.30. The molecule has 1 fully saturated rings. The van der Waals surface area contributed by atoms with Gasteiger partial charge in [0.2, 0.25) is 10.0 Å². The first kappa shape index (κ1) is 15.4. The summed E-state index contributed by atoms with van der Waals surface area (Å²) in [4.78, 5) is 0.577. The van der Waals surface area contributed by atoms with E-state index in [1.54, 1.807) is 7.05 Å². The fraction of sp³-hybridized carbons (Fsp3) is 1.00. The molecule has 0 saturated heterocycles. The van der Waals surface area contributed by atoms with Crippen LogP contribution >= 0.6 is 15.9 Å². The minimum atomic E-state index is -3.15. The quantitative estimate of drug-likeness (QED) is 0.670. The third kappa shape index (κ3) is 5.24. The van der Waals surface area contributed by atoms with E-state index < -0.39 is 10.0 Å². The van der Waals surface area contributed by atoms with Crippen molar-refractivity contribution in [3.63, 3.8) is 0 Å². The Bertz CT molecular complexity index is 326. The molecule has 17 heavy (non-hydrogen) atoms. The van der Waals surface area contributed by atoms with Crippen molar-refractivity contribution in [3.8, 4) is 0 Å². The van der Waals surface area contributed by atoms with Crippen molar-refractivity contribution in [2.75, 3.05) is 26.0 Å². The zero-order chi connectivity index (χ0) is 13.1. The maximum Gasteiger partial charge on any atom is 0.216 e. The van der Waals surface area contributed by atoms with Crippen LogP contribution in [-0.2, 0) is 14.8 Å². The van der Waals surface area contributed by atoms with Crippen molar-refractivity contribution in [1.29, 1.82) is 0 Å². The molecule has 102 valence electrons. The highest BCUT2D eigenvalue weighted by Gasteiger charge is 2.30. The molecule has 0 aromatic heterocycles. The van der Waals surface area contributed by atoms with Gasteiger partial charge < -0.3 is 4.74 Å².